The van der Waals surface area contributed by atoms with Gasteiger partial charge in [-0.15, -0.1) is 13.2 Å². The first-order valence-corrected chi connectivity index (χ1v) is 14.4. The number of alkyl halides is 3. The van der Waals surface area contributed by atoms with E-state index in [0.717, 1.165) is 77.9 Å². The highest BCUT2D eigenvalue weighted by Gasteiger charge is 2.31. The number of hydrogen-bond acceptors (Lipinski definition) is 6. The van der Waals surface area contributed by atoms with E-state index in [9.17, 15) is 18.0 Å². The predicted octanol–water partition coefficient (Wildman–Crippen LogP) is 7.50. The number of allylic oxidation sites excluding steroid dienone is 1. The van der Waals surface area contributed by atoms with Crippen LogP contribution in [0.5, 0.6) is 5.75 Å². The number of hydrogen-bond donors (Lipinski definition) is 0. The van der Waals surface area contributed by atoms with Gasteiger partial charge < -0.3 is 23.8 Å². The summed E-state index contributed by atoms with van der Waals surface area (Å²) in [6.07, 6.45) is -0.739. The first-order valence-electron chi connectivity index (χ1n) is 14.4. The molecule has 0 saturated carbocycles. The van der Waals surface area contributed by atoms with Crippen LogP contribution in [-0.4, -0.2) is 53.0 Å². The number of rotatable bonds is 8. The van der Waals surface area contributed by atoms with Crippen LogP contribution in [0.2, 0.25) is 0 Å². The van der Waals surface area contributed by atoms with Gasteiger partial charge in [0.25, 0.3) is 0 Å². The van der Waals surface area contributed by atoms with Gasteiger partial charge in [0.05, 0.1) is 12.7 Å². The van der Waals surface area contributed by atoms with Crippen molar-refractivity contribution in [1.82, 2.24) is 0 Å². The van der Waals surface area contributed by atoms with Crippen molar-refractivity contribution >= 4 is 22.8 Å². The minimum Gasteiger partial charge on any atom is -0.465 e. The normalized spacial score (nSPS) is 16.2. The van der Waals surface area contributed by atoms with Crippen LogP contribution in [-0.2, 0) is 20.6 Å². The van der Waals surface area contributed by atoms with Gasteiger partial charge in [-0.2, -0.15) is 0 Å². The third-order valence-electron chi connectivity index (χ3n) is 8.32. The summed E-state index contributed by atoms with van der Waals surface area (Å²) in [7, 11) is 4.71. The van der Waals surface area contributed by atoms with E-state index in [4.69, 9.17) is 14.2 Å². The third-order valence-corrected chi connectivity index (χ3v) is 8.32. The van der Waals surface area contributed by atoms with E-state index in [-0.39, 0.29) is 12.0 Å². The Hall–Kier alpha value is -3.82. The average Bonchev–Trinajstić information content (AvgIpc) is 3.20. The molecule has 0 aromatic heterocycles. The van der Waals surface area contributed by atoms with E-state index in [1.54, 1.807) is 32.4 Å². The smallest absolute Gasteiger partial charge is 0.465 e. The monoisotopic (exact) mass is 595 g/mol. The second kappa shape index (κ2) is 13.2. The Morgan fingerprint density at radius 3 is 2.12 bits per heavy atom. The minimum atomic E-state index is -4.75. The zero-order valence-electron chi connectivity index (χ0n) is 24.6. The molecule has 3 aromatic carbocycles. The van der Waals surface area contributed by atoms with Crippen molar-refractivity contribution in [1.29, 1.82) is 0 Å². The fraction of sp³-hybridized carbons (Fsp3) is 0.382. The molecule has 1 heterocycles. The van der Waals surface area contributed by atoms with Crippen molar-refractivity contribution in [2.24, 2.45) is 5.92 Å². The van der Waals surface area contributed by atoms with Gasteiger partial charge >= 0.3 is 12.3 Å². The number of ether oxygens (including phenoxy) is 4. The van der Waals surface area contributed by atoms with Crippen LogP contribution in [0.25, 0.3) is 11.1 Å². The summed E-state index contributed by atoms with van der Waals surface area (Å²) < 4.78 is 58.4. The molecule has 228 valence electrons. The van der Waals surface area contributed by atoms with E-state index >= 15 is 0 Å². The third kappa shape index (κ3) is 7.05. The number of aryl methyl sites for hydroxylation is 1. The molecule has 9 heteroatoms. The number of halogens is 3. The van der Waals surface area contributed by atoms with E-state index in [1.165, 1.54) is 19.2 Å². The van der Waals surface area contributed by atoms with Gasteiger partial charge in [-0.25, -0.2) is 4.79 Å². The SMILES string of the molecule is COC(=O)c1ccc2c(c1)CCCC(c1ccc(OC(F)(F)F)cc1)=C2c1ccc(N2CCC(C(OC)OC)CC2)cc1. The summed E-state index contributed by atoms with van der Waals surface area (Å²) in [6, 6.07) is 20.1. The summed E-state index contributed by atoms with van der Waals surface area (Å²) in [4.78, 5) is 14.7. The molecule has 0 atom stereocenters. The summed E-state index contributed by atoms with van der Waals surface area (Å²) >= 11 is 0. The molecule has 6 nitrogen and oxygen atoms in total. The lowest BCUT2D eigenvalue weighted by Gasteiger charge is -2.36. The van der Waals surface area contributed by atoms with E-state index in [0.29, 0.717) is 17.9 Å². The zero-order valence-corrected chi connectivity index (χ0v) is 24.6. The predicted molar refractivity (Wildman–Crippen MR) is 159 cm³/mol. The van der Waals surface area contributed by atoms with E-state index < -0.39 is 12.3 Å². The number of carbonyl (C=O) groups is 1. The Kier molecular flexibility index (Phi) is 9.42. The average molecular weight is 596 g/mol. The Labute approximate surface area is 250 Å². The maximum atomic E-state index is 12.8. The number of methoxy groups -OCH3 is 3. The first kappa shape index (κ1) is 30.6. The molecular formula is C34H36F3NO5. The molecule has 0 unspecified atom stereocenters. The van der Waals surface area contributed by atoms with Crippen LogP contribution >= 0.6 is 0 Å². The maximum Gasteiger partial charge on any atom is 0.573 e. The Morgan fingerprint density at radius 2 is 1.51 bits per heavy atom. The molecule has 0 radical (unpaired) electrons. The maximum absolute atomic E-state index is 12.8. The highest BCUT2D eigenvalue weighted by atomic mass is 19.4. The van der Waals surface area contributed by atoms with Crippen molar-refractivity contribution in [2.75, 3.05) is 39.3 Å². The highest BCUT2D eigenvalue weighted by molar-refractivity contribution is 6.01. The fourth-order valence-electron chi connectivity index (χ4n) is 6.26. The number of anilines is 1. The van der Waals surface area contributed by atoms with Gasteiger partial charge in [-0.05, 0) is 102 Å². The van der Waals surface area contributed by atoms with Gasteiger partial charge in [-0.1, -0.05) is 30.3 Å². The minimum absolute atomic E-state index is 0.195. The topological polar surface area (TPSA) is 57.2 Å². The van der Waals surface area contributed by atoms with Gasteiger partial charge in [0.2, 0.25) is 0 Å². The van der Waals surface area contributed by atoms with Gasteiger partial charge in [0.15, 0.2) is 6.29 Å². The van der Waals surface area contributed by atoms with Crippen molar-refractivity contribution < 1.29 is 36.9 Å². The van der Waals surface area contributed by atoms with Crippen molar-refractivity contribution in [3.8, 4) is 5.75 Å². The largest absolute Gasteiger partial charge is 0.573 e. The van der Waals surface area contributed by atoms with Crippen LogP contribution in [0, 0.1) is 5.92 Å². The quantitative estimate of drug-likeness (QED) is 0.199. The molecule has 0 spiro atoms. The first-order chi connectivity index (χ1) is 20.7. The van der Waals surface area contributed by atoms with Crippen LogP contribution in [0.15, 0.2) is 66.7 Å². The number of nitrogens with zero attached hydrogens (tertiary/aromatic N) is 1. The van der Waals surface area contributed by atoms with Crippen molar-refractivity contribution in [2.45, 2.75) is 44.8 Å². The highest BCUT2D eigenvalue weighted by Crippen LogP contribution is 2.41. The molecule has 1 fully saturated rings. The van der Waals surface area contributed by atoms with Crippen LogP contribution in [0.3, 0.4) is 0 Å². The molecule has 5 rings (SSSR count). The summed E-state index contributed by atoms with van der Waals surface area (Å²) in [6.45, 7) is 1.79. The number of fused-ring (bicyclic) bond motifs is 1. The number of piperidine rings is 1. The lowest BCUT2D eigenvalue weighted by atomic mass is 9.87. The van der Waals surface area contributed by atoms with Crippen molar-refractivity contribution in [3.05, 3.63) is 94.5 Å². The van der Waals surface area contributed by atoms with Crippen LogP contribution in [0.4, 0.5) is 18.9 Å². The molecule has 1 saturated heterocycles. The van der Waals surface area contributed by atoms with Crippen molar-refractivity contribution in [3.63, 3.8) is 0 Å². The Morgan fingerprint density at radius 1 is 0.860 bits per heavy atom. The van der Waals surface area contributed by atoms with Gasteiger partial charge in [-0.3, -0.25) is 0 Å². The molecule has 2 aliphatic rings. The molecule has 1 aliphatic carbocycles. The van der Waals surface area contributed by atoms with Gasteiger partial charge in [0, 0.05) is 38.9 Å². The Balaban J connectivity index is 1.51. The van der Waals surface area contributed by atoms with Crippen LogP contribution < -0.4 is 9.64 Å². The second-order valence-electron chi connectivity index (χ2n) is 10.9. The van der Waals surface area contributed by atoms with Gasteiger partial charge in [0.1, 0.15) is 5.75 Å². The second-order valence-corrected chi connectivity index (χ2v) is 10.9. The fourth-order valence-corrected chi connectivity index (χ4v) is 6.26. The lowest BCUT2D eigenvalue weighted by Crippen LogP contribution is -2.39. The molecule has 0 N–H and O–H groups in total. The molecule has 3 aromatic rings. The molecule has 43 heavy (non-hydrogen) atoms. The summed E-state index contributed by atoms with van der Waals surface area (Å²) in [5.41, 5.74) is 7.49. The molecule has 0 amide bonds. The number of esters is 1. The summed E-state index contributed by atoms with van der Waals surface area (Å²) in [5, 5.41) is 0. The lowest BCUT2D eigenvalue weighted by molar-refractivity contribution is -0.274. The Bertz CT molecular complexity index is 1440. The molecule has 0 bridgehead atoms. The summed E-state index contributed by atoms with van der Waals surface area (Å²) in [5.74, 6) is -0.303. The standard InChI is InChI=1S/C34H36F3NO5/c1-40-32(39)26-11-16-30-25(21-26)5-4-6-29(22-9-14-28(15-10-22)43-34(35,36)37)31(30)23-7-12-27(13-8-23)38-19-17-24(18-20-38)33(41-2)42-3/h7-16,21,24,33H,4-6,17-20H2,1-3H3. The molecule has 1 aliphatic heterocycles. The number of carbonyl (C=O) groups excluding carboxylic acids is 1. The number of benzene rings is 3. The molecular weight excluding hydrogens is 559 g/mol. The van der Waals surface area contributed by atoms with E-state index in [1.807, 2.05) is 12.1 Å². The van der Waals surface area contributed by atoms with Crippen LogP contribution in [0.1, 0.15) is 58.3 Å². The van der Waals surface area contributed by atoms with E-state index in [2.05, 4.69) is 33.9 Å². The zero-order chi connectivity index (χ0) is 30.6.